The lowest BCUT2D eigenvalue weighted by Crippen LogP contribution is -2.31. The topological polar surface area (TPSA) is 114 Å². The van der Waals surface area contributed by atoms with Crippen LogP contribution in [0, 0.1) is 20.2 Å². The molecule has 9 heteroatoms. The highest BCUT2D eigenvalue weighted by Gasteiger charge is 2.36. The Kier molecular flexibility index (Phi) is 3.61. The SMILES string of the molecule is C[C@H]1C[C@@H](O[N+](=O)[O-])[C@@H](CO[N+](=O)[O-])O1. The summed E-state index contributed by atoms with van der Waals surface area (Å²) in [5.74, 6) is 0. The molecule has 1 rings (SSSR count). The van der Waals surface area contributed by atoms with Crippen LogP contribution in [0.15, 0.2) is 0 Å². The third-order valence-electron chi connectivity index (χ3n) is 1.95. The number of nitrogens with zero attached hydrogens (tertiary/aromatic N) is 2. The van der Waals surface area contributed by atoms with Gasteiger partial charge in [-0.05, 0) is 6.92 Å². The third kappa shape index (κ3) is 3.54. The number of rotatable bonds is 5. The molecule has 0 N–H and O–H groups in total. The molecule has 0 aromatic heterocycles. The van der Waals surface area contributed by atoms with Gasteiger partial charge in [0.2, 0.25) is 0 Å². The normalized spacial score (nSPS) is 29.8. The maximum Gasteiger partial charge on any atom is 0.294 e. The van der Waals surface area contributed by atoms with Crippen molar-refractivity contribution >= 4 is 0 Å². The van der Waals surface area contributed by atoms with E-state index >= 15 is 0 Å². The van der Waals surface area contributed by atoms with Crippen LogP contribution >= 0.6 is 0 Å². The first-order valence-corrected chi connectivity index (χ1v) is 4.23. The Morgan fingerprint density at radius 2 is 2.07 bits per heavy atom. The summed E-state index contributed by atoms with van der Waals surface area (Å²) in [5, 5.41) is 18.1. The molecular formula is C6H10N2O7. The molecule has 1 aliphatic rings. The molecule has 1 heterocycles. The molecular weight excluding hydrogens is 212 g/mol. The van der Waals surface area contributed by atoms with Crippen molar-refractivity contribution < 1.29 is 24.6 Å². The predicted molar refractivity (Wildman–Crippen MR) is 43.8 cm³/mol. The zero-order chi connectivity index (χ0) is 11.4. The predicted octanol–water partition coefficient (Wildman–Crippen LogP) is -0.0510. The van der Waals surface area contributed by atoms with Gasteiger partial charge < -0.3 is 14.4 Å². The lowest BCUT2D eigenvalue weighted by molar-refractivity contribution is -0.775. The van der Waals surface area contributed by atoms with Gasteiger partial charge >= 0.3 is 0 Å². The molecule has 0 radical (unpaired) electrons. The van der Waals surface area contributed by atoms with Gasteiger partial charge in [-0.2, -0.15) is 0 Å². The number of ether oxygens (including phenoxy) is 1. The maximum absolute atomic E-state index is 10.1. The van der Waals surface area contributed by atoms with E-state index in [4.69, 9.17) is 4.74 Å². The second-order valence-corrected chi connectivity index (χ2v) is 3.11. The van der Waals surface area contributed by atoms with Crippen LogP contribution in [-0.4, -0.2) is 35.1 Å². The highest BCUT2D eigenvalue weighted by Crippen LogP contribution is 2.23. The van der Waals surface area contributed by atoms with Crippen LogP contribution in [0.5, 0.6) is 0 Å². The minimum Gasteiger partial charge on any atom is -0.371 e. The fourth-order valence-corrected chi connectivity index (χ4v) is 1.42. The molecule has 15 heavy (non-hydrogen) atoms. The van der Waals surface area contributed by atoms with Gasteiger partial charge in [0.1, 0.15) is 18.8 Å². The Balaban J connectivity index is 2.45. The van der Waals surface area contributed by atoms with Crippen LogP contribution in [0.2, 0.25) is 0 Å². The van der Waals surface area contributed by atoms with Crippen molar-refractivity contribution in [2.24, 2.45) is 0 Å². The second-order valence-electron chi connectivity index (χ2n) is 3.11. The first kappa shape index (κ1) is 11.4. The van der Waals surface area contributed by atoms with Crippen LogP contribution < -0.4 is 0 Å². The maximum atomic E-state index is 10.1. The Morgan fingerprint density at radius 1 is 1.40 bits per heavy atom. The van der Waals surface area contributed by atoms with Crippen LogP contribution in [0.3, 0.4) is 0 Å². The van der Waals surface area contributed by atoms with Crippen molar-refractivity contribution in [3.8, 4) is 0 Å². The van der Waals surface area contributed by atoms with Crippen LogP contribution in [0.25, 0.3) is 0 Å². The highest BCUT2D eigenvalue weighted by molar-refractivity contribution is 4.80. The van der Waals surface area contributed by atoms with Crippen molar-refractivity contribution in [3.63, 3.8) is 0 Å². The molecule has 0 amide bonds. The van der Waals surface area contributed by atoms with E-state index in [-0.39, 0.29) is 12.7 Å². The summed E-state index contributed by atoms with van der Waals surface area (Å²) in [6, 6.07) is 0. The molecule has 1 saturated heterocycles. The van der Waals surface area contributed by atoms with E-state index in [1.807, 2.05) is 0 Å². The first-order chi connectivity index (χ1) is 6.99. The minimum absolute atomic E-state index is 0.240. The fourth-order valence-electron chi connectivity index (χ4n) is 1.42. The molecule has 0 aliphatic carbocycles. The first-order valence-electron chi connectivity index (χ1n) is 4.23. The fraction of sp³-hybridized carbons (Fsp3) is 1.00. The number of hydrogen-bond donors (Lipinski definition) is 0. The number of hydrogen-bond acceptors (Lipinski definition) is 7. The van der Waals surface area contributed by atoms with Crippen molar-refractivity contribution in [2.45, 2.75) is 31.7 Å². The van der Waals surface area contributed by atoms with Crippen molar-refractivity contribution in [2.75, 3.05) is 6.61 Å². The molecule has 0 unspecified atom stereocenters. The molecule has 0 saturated carbocycles. The van der Waals surface area contributed by atoms with E-state index in [1.165, 1.54) is 0 Å². The standard InChI is InChI=1S/C6H10N2O7/c1-4-2-5(15-8(11)12)6(14-4)3-13-7(9)10/h4-6H,2-3H2,1H3/t4-,5+,6+/m0/s1. The van der Waals surface area contributed by atoms with E-state index in [2.05, 4.69) is 9.68 Å². The molecule has 86 valence electrons. The Labute approximate surface area is 84.1 Å². The Morgan fingerprint density at radius 3 is 2.60 bits per heavy atom. The van der Waals surface area contributed by atoms with E-state index in [9.17, 15) is 20.2 Å². The molecule has 0 spiro atoms. The van der Waals surface area contributed by atoms with E-state index in [1.54, 1.807) is 6.92 Å². The summed E-state index contributed by atoms with van der Waals surface area (Å²) < 4.78 is 5.17. The molecule has 1 fully saturated rings. The zero-order valence-electron chi connectivity index (χ0n) is 7.90. The zero-order valence-corrected chi connectivity index (χ0v) is 7.90. The average molecular weight is 222 g/mol. The summed E-state index contributed by atoms with van der Waals surface area (Å²) in [6.45, 7) is 1.33. The van der Waals surface area contributed by atoms with Crippen LogP contribution in [0.1, 0.15) is 13.3 Å². The largest absolute Gasteiger partial charge is 0.371 e. The molecule has 0 bridgehead atoms. The van der Waals surface area contributed by atoms with Gasteiger partial charge in [0.05, 0.1) is 6.10 Å². The Hall–Kier alpha value is -1.64. The lowest BCUT2D eigenvalue weighted by Gasteiger charge is -2.14. The van der Waals surface area contributed by atoms with Gasteiger partial charge in [-0.3, -0.25) is 0 Å². The van der Waals surface area contributed by atoms with Gasteiger partial charge in [-0.15, -0.1) is 20.2 Å². The molecule has 1 aliphatic heterocycles. The van der Waals surface area contributed by atoms with Crippen molar-refractivity contribution in [1.82, 2.24) is 0 Å². The quantitative estimate of drug-likeness (QED) is 0.473. The summed E-state index contributed by atoms with van der Waals surface area (Å²) >= 11 is 0. The summed E-state index contributed by atoms with van der Waals surface area (Å²) in [4.78, 5) is 28.4. The highest BCUT2D eigenvalue weighted by atomic mass is 17.0. The second kappa shape index (κ2) is 4.73. The summed E-state index contributed by atoms with van der Waals surface area (Å²) in [6.07, 6.45) is -1.52. The van der Waals surface area contributed by atoms with Gasteiger partial charge in [-0.25, -0.2) is 0 Å². The van der Waals surface area contributed by atoms with Crippen LogP contribution in [-0.2, 0) is 14.4 Å². The minimum atomic E-state index is -0.977. The van der Waals surface area contributed by atoms with Crippen molar-refractivity contribution in [3.05, 3.63) is 20.2 Å². The molecule has 9 nitrogen and oxygen atoms in total. The van der Waals surface area contributed by atoms with Gasteiger partial charge in [0.15, 0.2) is 0 Å². The summed E-state index contributed by atoms with van der Waals surface area (Å²) in [7, 11) is 0. The Bertz CT molecular complexity index is 258. The summed E-state index contributed by atoms with van der Waals surface area (Å²) in [5.41, 5.74) is 0. The monoisotopic (exact) mass is 222 g/mol. The average Bonchev–Trinajstić information content (AvgIpc) is 2.41. The molecule has 3 atom stereocenters. The lowest BCUT2D eigenvalue weighted by atomic mass is 10.1. The third-order valence-corrected chi connectivity index (χ3v) is 1.95. The van der Waals surface area contributed by atoms with Crippen LogP contribution in [0.4, 0.5) is 0 Å². The molecule has 0 aromatic rings. The van der Waals surface area contributed by atoms with E-state index in [0.717, 1.165) is 0 Å². The smallest absolute Gasteiger partial charge is 0.294 e. The molecule has 0 aromatic carbocycles. The van der Waals surface area contributed by atoms with E-state index < -0.39 is 22.4 Å². The van der Waals surface area contributed by atoms with Gasteiger partial charge in [-0.1, -0.05) is 0 Å². The van der Waals surface area contributed by atoms with Gasteiger partial charge in [0.25, 0.3) is 10.2 Å². The van der Waals surface area contributed by atoms with E-state index in [0.29, 0.717) is 6.42 Å². The van der Waals surface area contributed by atoms with Gasteiger partial charge in [0, 0.05) is 6.42 Å². The van der Waals surface area contributed by atoms with Crippen molar-refractivity contribution in [1.29, 1.82) is 0 Å².